The van der Waals surface area contributed by atoms with Gasteiger partial charge in [-0.1, -0.05) is 30.3 Å². The maximum absolute atomic E-state index is 4.49. The van der Waals surface area contributed by atoms with Gasteiger partial charge in [0.15, 0.2) is 0 Å². The van der Waals surface area contributed by atoms with Crippen LogP contribution in [0, 0.1) is 0 Å². The number of nitrogens with zero attached hydrogens (tertiary/aromatic N) is 3. The minimum Gasteiger partial charge on any atom is -0.339 e. The highest BCUT2D eigenvalue weighted by atomic mass is 15.3. The average molecular weight is 254 g/mol. The minimum atomic E-state index is 0.553. The van der Waals surface area contributed by atoms with E-state index < -0.39 is 0 Å². The van der Waals surface area contributed by atoms with Crippen LogP contribution in [0.2, 0.25) is 0 Å². The summed E-state index contributed by atoms with van der Waals surface area (Å²) in [6, 6.07) is 10.8. The van der Waals surface area contributed by atoms with Gasteiger partial charge >= 0.3 is 0 Å². The van der Waals surface area contributed by atoms with Gasteiger partial charge in [0.1, 0.15) is 0 Å². The van der Waals surface area contributed by atoms with Crippen molar-refractivity contribution in [3.8, 4) is 11.1 Å². The molecule has 3 rings (SSSR count). The molecule has 1 aromatic heterocycles. The number of aromatic nitrogens is 2. The second-order valence-electron chi connectivity index (χ2n) is 4.86. The molecule has 0 amide bonds. The lowest BCUT2D eigenvalue weighted by atomic mass is 10.1. The largest absolute Gasteiger partial charge is 0.339 e. The molecule has 0 radical (unpaired) electrons. The van der Waals surface area contributed by atoms with E-state index in [0.29, 0.717) is 6.04 Å². The Kier molecular flexibility index (Phi) is 3.42. The Bertz CT molecular complexity index is 524. The van der Waals surface area contributed by atoms with Crippen molar-refractivity contribution in [3.63, 3.8) is 0 Å². The van der Waals surface area contributed by atoms with Crippen molar-refractivity contribution in [2.75, 3.05) is 25.0 Å². The van der Waals surface area contributed by atoms with E-state index in [4.69, 9.17) is 0 Å². The first kappa shape index (κ1) is 12.1. The maximum Gasteiger partial charge on any atom is 0.225 e. The molecule has 4 nitrogen and oxygen atoms in total. The van der Waals surface area contributed by atoms with Gasteiger partial charge in [-0.05, 0) is 19.0 Å². The van der Waals surface area contributed by atoms with Gasteiger partial charge in [-0.2, -0.15) is 0 Å². The number of hydrogen-bond acceptors (Lipinski definition) is 4. The fourth-order valence-electron chi connectivity index (χ4n) is 2.44. The molecule has 4 heteroatoms. The summed E-state index contributed by atoms with van der Waals surface area (Å²) in [4.78, 5) is 11.2. The summed E-state index contributed by atoms with van der Waals surface area (Å²) in [6.45, 7) is 2.01. The highest BCUT2D eigenvalue weighted by Gasteiger charge is 2.22. The Morgan fingerprint density at radius 3 is 2.47 bits per heavy atom. The first-order valence-electron chi connectivity index (χ1n) is 6.66. The molecular weight excluding hydrogens is 236 g/mol. The molecule has 98 valence electrons. The monoisotopic (exact) mass is 254 g/mol. The Hall–Kier alpha value is -1.94. The molecule has 1 aliphatic rings. The number of anilines is 1. The van der Waals surface area contributed by atoms with Crippen LogP contribution >= 0.6 is 0 Å². The lowest BCUT2D eigenvalue weighted by molar-refractivity contribution is 0.616. The summed E-state index contributed by atoms with van der Waals surface area (Å²) >= 11 is 0. The van der Waals surface area contributed by atoms with Crippen LogP contribution < -0.4 is 10.2 Å². The zero-order valence-corrected chi connectivity index (χ0v) is 11.1. The minimum absolute atomic E-state index is 0.553. The van der Waals surface area contributed by atoms with Gasteiger partial charge in [-0.15, -0.1) is 0 Å². The maximum atomic E-state index is 4.49. The molecule has 1 unspecified atom stereocenters. The third-order valence-corrected chi connectivity index (χ3v) is 3.62. The van der Waals surface area contributed by atoms with E-state index in [-0.39, 0.29) is 0 Å². The number of rotatable bonds is 3. The highest BCUT2D eigenvalue weighted by molar-refractivity contribution is 5.61. The Labute approximate surface area is 113 Å². The molecule has 0 aliphatic carbocycles. The van der Waals surface area contributed by atoms with Crippen molar-refractivity contribution in [2.24, 2.45) is 0 Å². The molecule has 1 aliphatic heterocycles. The fraction of sp³-hybridized carbons (Fsp3) is 0.333. The van der Waals surface area contributed by atoms with Crippen LogP contribution in [-0.2, 0) is 0 Å². The third kappa shape index (κ3) is 2.58. The zero-order chi connectivity index (χ0) is 13.1. The SMILES string of the molecule is CNC1CCN(c2ncc(-c3ccccc3)cn2)C1. The van der Waals surface area contributed by atoms with Gasteiger partial charge in [-0.3, -0.25) is 0 Å². The first-order valence-corrected chi connectivity index (χ1v) is 6.66. The zero-order valence-electron chi connectivity index (χ0n) is 11.1. The number of nitrogens with one attached hydrogen (secondary N) is 1. The lowest BCUT2D eigenvalue weighted by Gasteiger charge is -2.16. The van der Waals surface area contributed by atoms with Crippen LogP contribution in [-0.4, -0.2) is 36.1 Å². The van der Waals surface area contributed by atoms with E-state index in [9.17, 15) is 0 Å². The molecule has 2 heterocycles. The molecule has 1 atom stereocenters. The molecule has 19 heavy (non-hydrogen) atoms. The van der Waals surface area contributed by atoms with E-state index in [1.165, 1.54) is 0 Å². The van der Waals surface area contributed by atoms with Gasteiger partial charge in [0.2, 0.25) is 5.95 Å². The second-order valence-corrected chi connectivity index (χ2v) is 4.86. The molecule has 2 aromatic rings. The van der Waals surface area contributed by atoms with Gasteiger partial charge in [0.05, 0.1) is 0 Å². The molecule has 0 bridgehead atoms. The van der Waals surface area contributed by atoms with E-state index in [1.807, 2.05) is 37.6 Å². The number of hydrogen-bond donors (Lipinski definition) is 1. The van der Waals surface area contributed by atoms with E-state index >= 15 is 0 Å². The topological polar surface area (TPSA) is 41.0 Å². The Morgan fingerprint density at radius 1 is 1.11 bits per heavy atom. The van der Waals surface area contributed by atoms with E-state index in [0.717, 1.165) is 36.6 Å². The van der Waals surface area contributed by atoms with Crippen LogP contribution in [0.25, 0.3) is 11.1 Å². The standard InChI is InChI=1S/C15H18N4/c1-16-14-7-8-19(11-14)15-17-9-13(10-18-15)12-5-3-2-4-6-12/h2-6,9-10,14,16H,7-8,11H2,1H3. The quantitative estimate of drug-likeness (QED) is 0.909. The van der Waals surface area contributed by atoms with Crippen LogP contribution in [0.3, 0.4) is 0 Å². The molecule has 0 spiro atoms. The van der Waals surface area contributed by atoms with Crippen molar-refractivity contribution >= 4 is 5.95 Å². The van der Waals surface area contributed by atoms with Crippen molar-refractivity contribution in [2.45, 2.75) is 12.5 Å². The predicted molar refractivity (Wildman–Crippen MR) is 77.1 cm³/mol. The fourth-order valence-corrected chi connectivity index (χ4v) is 2.44. The smallest absolute Gasteiger partial charge is 0.225 e. The summed E-state index contributed by atoms with van der Waals surface area (Å²) in [5.41, 5.74) is 2.22. The number of benzene rings is 1. The van der Waals surface area contributed by atoms with Crippen molar-refractivity contribution in [1.29, 1.82) is 0 Å². The molecule has 1 saturated heterocycles. The summed E-state index contributed by atoms with van der Waals surface area (Å²) in [5.74, 6) is 0.831. The third-order valence-electron chi connectivity index (χ3n) is 3.62. The number of likely N-dealkylation sites (N-methyl/N-ethyl adjacent to an activating group) is 1. The average Bonchev–Trinajstić information content (AvgIpc) is 2.97. The molecule has 1 aromatic carbocycles. The normalized spacial score (nSPS) is 18.8. The van der Waals surface area contributed by atoms with Gasteiger partial charge in [-0.25, -0.2) is 9.97 Å². The van der Waals surface area contributed by atoms with Crippen LogP contribution in [0.5, 0.6) is 0 Å². The summed E-state index contributed by atoms with van der Waals surface area (Å²) in [5, 5.41) is 3.30. The van der Waals surface area contributed by atoms with Gasteiger partial charge in [0, 0.05) is 37.1 Å². The van der Waals surface area contributed by atoms with Crippen LogP contribution in [0.1, 0.15) is 6.42 Å². The Balaban J connectivity index is 1.76. The van der Waals surface area contributed by atoms with Crippen LogP contribution in [0.15, 0.2) is 42.7 Å². The van der Waals surface area contributed by atoms with Crippen molar-refractivity contribution < 1.29 is 0 Å². The second kappa shape index (κ2) is 5.36. The van der Waals surface area contributed by atoms with Gasteiger partial charge in [0.25, 0.3) is 0 Å². The van der Waals surface area contributed by atoms with Gasteiger partial charge < -0.3 is 10.2 Å². The van der Waals surface area contributed by atoms with Crippen LogP contribution in [0.4, 0.5) is 5.95 Å². The molecule has 1 N–H and O–H groups in total. The van der Waals surface area contributed by atoms with Crippen molar-refractivity contribution in [1.82, 2.24) is 15.3 Å². The summed E-state index contributed by atoms with van der Waals surface area (Å²) in [6.07, 6.45) is 4.97. The van der Waals surface area contributed by atoms with E-state index in [1.54, 1.807) is 0 Å². The molecule has 1 fully saturated rings. The molecule has 0 saturated carbocycles. The molecular formula is C15H18N4. The predicted octanol–water partition coefficient (Wildman–Crippen LogP) is 1.94. The van der Waals surface area contributed by atoms with E-state index in [2.05, 4.69) is 32.3 Å². The highest BCUT2D eigenvalue weighted by Crippen LogP contribution is 2.20. The summed E-state index contributed by atoms with van der Waals surface area (Å²) < 4.78 is 0. The van der Waals surface area contributed by atoms with Crippen molar-refractivity contribution in [3.05, 3.63) is 42.7 Å². The summed E-state index contributed by atoms with van der Waals surface area (Å²) in [7, 11) is 2.01. The lowest BCUT2D eigenvalue weighted by Crippen LogP contribution is -2.30. The first-order chi connectivity index (χ1) is 9.36. The Morgan fingerprint density at radius 2 is 1.84 bits per heavy atom.